The van der Waals surface area contributed by atoms with Crippen molar-refractivity contribution in [3.8, 4) is 0 Å². The molecule has 0 aliphatic heterocycles. The van der Waals surface area contributed by atoms with E-state index >= 15 is 0 Å². The molecule has 5 nitrogen and oxygen atoms in total. The predicted molar refractivity (Wildman–Crippen MR) is 93.5 cm³/mol. The van der Waals surface area contributed by atoms with Crippen LogP contribution in [0.2, 0.25) is 0 Å². The molecule has 2 heterocycles. The molecule has 0 unspecified atom stereocenters. The van der Waals surface area contributed by atoms with Gasteiger partial charge in [0.15, 0.2) is 5.96 Å². The molecule has 2 aromatic rings. The second-order valence-corrected chi connectivity index (χ2v) is 4.93. The van der Waals surface area contributed by atoms with Crippen LogP contribution in [0.25, 0.3) is 0 Å². The second kappa shape index (κ2) is 8.85. The van der Waals surface area contributed by atoms with Crippen LogP contribution < -0.4 is 10.6 Å². The molecular weight excluding hydrogens is 385 g/mol. The van der Waals surface area contributed by atoms with Crippen molar-refractivity contribution in [1.29, 1.82) is 0 Å². The van der Waals surface area contributed by atoms with Crippen LogP contribution in [0.5, 0.6) is 0 Å². The quantitative estimate of drug-likeness (QED) is 0.468. The number of hydrogen-bond acceptors (Lipinski definition) is 4. The molecule has 0 atom stereocenters. The summed E-state index contributed by atoms with van der Waals surface area (Å²) in [6.07, 6.45) is 1.78. The Morgan fingerprint density at radius 2 is 2.10 bits per heavy atom. The molecule has 7 heteroatoms. The van der Waals surface area contributed by atoms with Gasteiger partial charge in [-0.15, -0.1) is 35.3 Å². The molecule has 2 rings (SSSR count). The Morgan fingerprint density at radius 3 is 2.70 bits per heavy atom. The SMILES string of the molecule is CN=C(NCc1ccccn1)NCc1nc(C)cs1.I. The first kappa shape index (κ1) is 16.8. The molecule has 2 aromatic heterocycles. The highest BCUT2D eigenvalue weighted by molar-refractivity contribution is 14.0. The zero-order chi connectivity index (χ0) is 13.5. The fourth-order valence-corrected chi connectivity index (χ4v) is 2.25. The first-order valence-electron chi connectivity index (χ1n) is 6.03. The summed E-state index contributed by atoms with van der Waals surface area (Å²) in [6, 6.07) is 5.85. The fraction of sp³-hybridized carbons (Fsp3) is 0.308. The van der Waals surface area contributed by atoms with Crippen LogP contribution in [0.15, 0.2) is 34.8 Å². The molecule has 0 saturated heterocycles. The Morgan fingerprint density at radius 1 is 1.30 bits per heavy atom. The van der Waals surface area contributed by atoms with E-state index in [1.807, 2.05) is 30.5 Å². The van der Waals surface area contributed by atoms with E-state index in [4.69, 9.17) is 0 Å². The van der Waals surface area contributed by atoms with E-state index in [0.717, 1.165) is 22.4 Å². The average Bonchev–Trinajstić information content (AvgIpc) is 2.86. The van der Waals surface area contributed by atoms with E-state index in [2.05, 4.69) is 25.6 Å². The van der Waals surface area contributed by atoms with Crippen molar-refractivity contribution in [3.63, 3.8) is 0 Å². The largest absolute Gasteiger partial charge is 0.351 e. The zero-order valence-electron chi connectivity index (χ0n) is 11.5. The number of guanidine groups is 1. The third-order valence-corrected chi connectivity index (χ3v) is 3.43. The van der Waals surface area contributed by atoms with E-state index in [1.54, 1.807) is 24.6 Å². The lowest BCUT2D eigenvalue weighted by molar-refractivity contribution is 0.790. The molecule has 2 N–H and O–H groups in total. The van der Waals surface area contributed by atoms with Crippen molar-refractivity contribution < 1.29 is 0 Å². The number of rotatable bonds is 4. The number of aryl methyl sites for hydroxylation is 1. The molecule has 0 fully saturated rings. The highest BCUT2D eigenvalue weighted by atomic mass is 127. The monoisotopic (exact) mass is 403 g/mol. The average molecular weight is 403 g/mol. The Balaban J connectivity index is 0.00000200. The van der Waals surface area contributed by atoms with E-state index in [9.17, 15) is 0 Å². The Hall–Kier alpha value is -1.22. The van der Waals surface area contributed by atoms with Gasteiger partial charge in [-0.3, -0.25) is 9.98 Å². The van der Waals surface area contributed by atoms with Crippen LogP contribution in [0.1, 0.15) is 16.4 Å². The van der Waals surface area contributed by atoms with Gasteiger partial charge in [-0.2, -0.15) is 0 Å². The molecule has 0 aliphatic rings. The van der Waals surface area contributed by atoms with Crippen LogP contribution in [0, 0.1) is 6.92 Å². The van der Waals surface area contributed by atoms with Gasteiger partial charge in [-0.1, -0.05) is 6.07 Å². The summed E-state index contributed by atoms with van der Waals surface area (Å²) in [4.78, 5) is 12.8. The summed E-state index contributed by atoms with van der Waals surface area (Å²) in [5.74, 6) is 0.749. The van der Waals surface area contributed by atoms with Crippen LogP contribution in [0.4, 0.5) is 0 Å². The molecule has 0 amide bonds. The van der Waals surface area contributed by atoms with Crippen molar-refractivity contribution in [3.05, 3.63) is 46.2 Å². The lowest BCUT2D eigenvalue weighted by Gasteiger charge is -2.10. The van der Waals surface area contributed by atoms with Gasteiger partial charge < -0.3 is 10.6 Å². The highest BCUT2D eigenvalue weighted by Gasteiger charge is 2.01. The van der Waals surface area contributed by atoms with Crippen LogP contribution in [-0.2, 0) is 13.1 Å². The molecular formula is C13H18IN5S. The minimum atomic E-state index is 0. The molecule has 20 heavy (non-hydrogen) atoms. The van der Waals surface area contributed by atoms with Crippen LogP contribution >= 0.6 is 35.3 Å². The number of pyridine rings is 1. The molecule has 0 bridgehead atoms. The molecule has 0 saturated carbocycles. The summed E-state index contributed by atoms with van der Waals surface area (Å²) in [6.45, 7) is 3.33. The van der Waals surface area contributed by atoms with Gasteiger partial charge in [0.05, 0.1) is 18.8 Å². The van der Waals surface area contributed by atoms with Crippen molar-refractivity contribution in [2.75, 3.05) is 7.05 Å². The normalized spacial score (nSPS) is 10.8. The minimum Gasteiger partial charge on any atom is -0.351 e. The van der Waals surface area contributed by atoms with Crippen molar-refractivity contribution >= 4 is 41.3 Å². The summed E-state index contributed by atoms with van der Waals surface area (Å²) in [7, 11) is 1.75. The van der Waals surface area contributed by atoms with Gasteiger partial charge in [0.2, 0.25) is 0 Å². The first-order chi connectivity index (χ1) is 9.28. The van der Waals surface area contributed by atoms with Gasteiger partial charge in [0, 0.05) is 24.3 Å². The van der Waals surface area contributed by atoms with Gasteiger partial charge in [-0.05, 0) is 19.1 Å². The standard InChI is InChI=1S/C13H17N5S.HI/c1-10-9-19-12(18-10)8-17-13(14-2)16-7-11-5-3-4-6-15-11;/h3-6,9H,7-8H2,1-2H3,(H2,14,16,17);1H. The zero-order valence-corrected chi connectivity index (χ0v) is 14.6. The van der Waals surface area contributed by atoms with Gasteiger partial charge in [-0.25, -0.2) is 4.98 Å². The van der Waals surface area contributed by atoms with Crippen molar-refractivity contribution in [1.82, 2.24) is 20.6 Å². The highest BCUT2D eigenvalue weighted by Crippen LogP contribution is 2.07. The lowest BCUT2D eigenvalue weighted by atomic mass is 10.3. The van der Waals surface area contributed by atoms with Gasteiger partial charge >= 0.3 is 0 Å². The lowest BCUT2D eigenvalue weighted by Crippen LogP contribution is -2.36. The van der Waals surface area contributed by atoms with E-state index < -0.39 is 0 Å². The summed E-state index contributed by atoms with van der Waals surface area (Å²) in [5.41, 5.74) is 2.04. The minimum absolute atomic E-state index is 0. The predicted octanol–water partition coefficient (Wildman–Crippen LogP) is 2.33. The summed E-state index contributed by atoms with van der Waals surface area (Å²) >= 11 is 1.65. The number of halogens is 1. The van der Waals surface area contributed by atoms with Gasteiger partial charge in [0.1, 0.15) is 5.01 Å². The van der Waals surface area contributed by atoms with Crippen molar-refractivity contribution in [2.45, 2.75) is 20.0 Å². The van der Waals surface area contributed by atoms with Crippen molar-refractivity contribution in [2.24, 2.45) is 4.99 Å². The second-order valence-electron chi connectivity index (χ2n) is 3.98. The maximum absolute atomic E-state index is 4.40. The number of hydrogen-bond donors (Lipinski definition) is 2. The topological polar surface area (TPSA) is 62.2 Å². The van der Waals surface area contributed by atoms with Gasteiger partial charge in [0.25, 0.3) is 0 Å². The third-order valence-electron chi connectivity index (χ3n) is 2.46. The number of nitrogens with one attached hydrogen (secondary N) is 2. The molecule has 0 aromatic carbocycles. The molecule has 0 spiro atoms. The van der Waals surface area contributed by atoms with E-state index in [1.165, 1.54) is 0 Å². The molecule has 108 valence electrons. The smallest absolute Gasteiger partial charge is 0.191 e. The summed E-state index contributed by atoms with van der Waals surface area (Å²) < 4.78 is 0. The number of thiazole rings is 1. The van der Waals surface area contributed by atoms with Crippen LogP contribution in [-0.4, -0.2) is 23.0 Å². The Kier molecular flexibility index (Phi) is 7.45. The number of aromatic nitrogens is 2. The maximum atomic E-state index is 4.40. The molecule has 0 radical (unpaired) electrons. The van der Waals surface area contributed by atoms with E-state index in [-0.39, 0.29) is 24.0 Å². The number of aliphatic imine (C=N–C) groups is 1. The summed E-state index contributed by atoms with van der Waals surface area (Å²) in [5, 5.41) is 9.54. The fourth-order valence-electron chi connectivity index (χ4n) is 1.54. The Bertz CT molecular complexity index is 541. The maximum Gasteiger partial charge on any atom is 0.191 e. The Labute approximate surface area is 140 Å². The number of nitrogens with zero attached hydrogens (tertiary/aromatic N) is 3. The molecule has 0 aliphatic carbocycles. The third kappa shape index (κ3) is 5.41. The first-order valence-corrected chi connectivity index (χ1v) is 6.91. The van der Waals surface area contributed by atoms with E-state index in [0.29, 0.717) is 13.1 Å². The van der Waals surface area contributed by atoms with Crippen LogP contribution in [0.3, 0.4) is 0 Å².